The summed E-state index contributed by atoms with van der Waals surface area (Å²) in [5, 5.41) is 0. The largest absolute Gasteiger partial charge is 0.494 e. The van der Waals surface area contributed by atoms with Crippen molar-refractivity contribution in [3.05, 3.63) is 82.7 Å². The maximum absolute atomic E-state index is 12.8. The molecule has 0 atom stereocenters. The second-order valence-electron chi connectivity index (χ2n) is 7.60. The average molecular weight is 496 g/mol. The predicted octanol–water partition coefficient (Wildman–Crippen LogP) is 4.97. The van der Waals surface area contributed by atoms with Crippen molar-refractivity contribution >= 4 is 43.2 Å². The molecule has 34 heavy (non-hydrogen) atoms. The molecule has 9 heteroatoms. The second-order valence-corrected chi connectivity index (χ2v) is 10.3. The van der Waals surface area contributed by atoms with Gasteiger partial charge in [0.25, 0.3) is 15.9 Å². The molecule has 0 aliphatic heterocycles. The van der Waals surface area contributed by atoms with Crippen molar-refractivity contribution in [2.45, 2.75) is 32.2 Å². The maximum atomic E-state index is 12.8. The zero-order valence-electron chi connectivity index (χ0n) is 19.1. The van der Waals surface area contributed by atoms with Gasteiger partial charge in [0.05, 0.1) is 21.7 Å². The Hall–Kier alpha value is -3.43. The van der Waals surface area contributed by atoms with Gasteiger partial charge < -0.3 is 9.30 Å². The van der Waals surface area contributed by atoms with Crippen LogP contribution in [0, 0.1) is 6.92 Å². The molecule has 0 saturated carbocycles. The smallest absolute Gasteiger partial charge is 0.279 e. The fourth-order valence-corrected chi connectivity index (χ4v) is 5.64. The lowest BCUT2D eigenvalue weighted by molar-refractivity contribution is 0.0998. The third kappa shape index (κ3) is 5.05. The number of thiazole rings is 1. The van der Waals surface area contributed by atoms with Crippen LogP contribution in [0.4, 0.5) is 5.69 Å². The van der Waals surface area contributed by atoms with Crippen LogP contribution in [0.3, 0.4) is 0 Å². The summed E-state index contributed by atoms with van der Waals surface area (Å²) in [7, 11) is -3.71. The Kier molecular flexibility index (Phi) is 6.85. The van der Waals surface area contributed by atoms with Crippen molar-refractivity contribution in [2.24, 2.45) is 4.99 Å². The molecule has 3 aromatic carbocycles. The number of nitrogens with one attached hydrogen (secondary N) is 1. The van der Waals surface area contributed by atoms with Gasteiger partial charge in [-0.15, -0.1) is 0 Å². The molecule has 0 aliphatic carbocycles. The highest BCUT2D eigenvalue weighted by molar-refractivity contribution is 7.92. The molecule has 0 bridgehead atoms. The lowest BCUT2D eigenvalue weighted by Gasteiger charge is -2.08. The quantitative estimate of drug-likeness (QED) is 0.392. The van der Waals surface area contributed by atoms with E-state index >= 15 is 0 Å². The number of benzene rings is 3. The second kappa shape index (κ2) is 9.82. The summed E-state index contributed by atoms with van der Waals surface area (Å²) in [4.78, 5) is 18.0. The van der Waals surface area contributed by atoms with E-state index in [1.165, 1.54) is 11.3 Å². The molecule has 0 fully saturated rings. The number of aryl methyl sites for hydroxylation is 2. The molecule has 0 spiro atoms. The summed E-state index contributed by atoms with van der Waals surface area (Å²) in [5.74, 6) is 0.382. The summed E-state index contributed by atoms with van der Waals surface area (Å²) in [6, 6.07) is 18.7. The van der Waals surface area contributed by atoms with E-state index in [0.29, 0.717) is 29.2 Å². The average Bonchev–Trinajstić information content (AvgIpc) is 3.15. The number of rotatable bonds is 7. The summed E-state index contributed by atoms with van der Waals surface area (Å²) < 4.78 is 36.3. The van der Waals surface area contributed by atoms with Gasteiger partial charge in [0.2, 0.25) is 0 Å². The molecule has 0 unspecified atom stereocenters. The van der Waals surface area contributed by atoms with Gasteiger partial charge in [0.1, 0.15) is 5.75 Å². The molecule has 0 aliphatic rings. The minimum absolute atomic E-state index is 0.176. The molecule has 1 amide bonds. The van der Waals surface area contributed by atoms with E-state index < -0.39 is 15.9 Å². The summed E-state index contributed by atoms with van der Waals surface area (Å²) >= 11 is 1.42. The number of aromatic nitrogens is 1. The van der Waals surface area contributed by atoms with E-state index in [1.807, 2.05) is 43.5 Å². The van der Waals surface area contributed by atoms with E-state index in [9.17, 15) is 13.2 Å². The highest BCUT2D eigenvalue weighted by Crippen LogP contribution is 2.24. The molecule has 176 valence electrons. The summed E-state index contributed by atoms with van der Waals surface area (Å²) in [6.45, 7) is 7.07. The topological polar surface area (TPSA) is 89.8 Å². The van der Waals surface area contributed by atoms with Crippen molar-refractivity contribution in [1.82, 2.24) is 4.57 Å². The molecule has 1 N–H and O–H groups in total. The Balaban J connectivity index is 1.58. The zero-order valence-corrected chi connectivity index (χ0v) is 20.7. The number of sulfonamides is 1. The zero-order chi connectivity index (χ0) is 24.3. The van der Waals surface area contributed by atoms with E-state index in [0.717, 1.165) is 21.5 Å². The van der Waals surface area contributed by atoms with Crippen molar-refractivity contribution in [1.29, 1.82) is 0 Å². The van der Waals surface area contributed by atoms with Crippen LogP contribution in [-0.4, -0.2) is 25.5 Å². The van der Waals surface area contributed by atoms with Crippen LogP contribution < -0.4 is 14.3 Å². The fraction of sp³-hybridized carbons (Fsp3) is 0.200. The first-order valence-corrected chi connectivity index (χ1v) is 13.2. The first kappa shape index (κ1) is 23.7. The first-order chi connectivity index (χ1) is 16.3. The number of anilines is 1. The van der Waals surface area contributed by atoms with E-state index in [-0.39, 0.29) is 4.90 Å². The minimum Gasteiger partial charge on any atom is -0.494 e. The van der Waals surface area contributed by atoms with Crippen LogP contribution in [0.25, 0.3) is 10.2 Å². The van der Waals surface area contributed by atoms with Gasteiger partial charge in [-0.3, -0.25) is 9.52 Å². The molecular formula is C25H25N3O4S2. The van der Waals surface area contributed by atoms with Gasteiger partial charge in [-0.25, -0.2) is 8.42 Å². The Morgan fingerprint density at radius 2 is 1.74 bits per heavy atom. The molecule has 1 heterocycles. The lowest BCUT2D eigenvalue weighted by atomic mass is 10.2. The Labute approximate surface area is 202 Å². The Morgan fingerprint density at radius 3 is 2.38 bits per heavy atom. The number of amides is 1. The van der Waals surface area contributed by atoms with Gasteiger partial charge >= 0.3 is 0 Å². The van der Waals surface area contributed by atoms with Gasteiger partial charge in [-0.1, -0.05) is 29.0 Å². The maximum Gasteiger partial charge on any atom is 0.279 e. The van der Waals surface area contributed by atoms with E-state index in [4.69, 9.17) is 4.74 Å². The Morgan fingerprint density at radius 1 is 1.03 bits per heavy atom. The number of ether oxygens (including phenoxy) is 1. The molecular weight excluding hydrogens is 470 g/mol. The predicted molar refractivity (Wildman–Crippen MR) is 135 cm³/mol. The molecule has 0 saturated heterocycles. The molecule has 1 aromatic heterocycles. The van der Waals surface area contributed by atoms with Gasteiger partial charge in [0, 0.05) is 17.8 Å². The molecule has 7 nitrogen and oxygen atoms in total. The van der Waals surface area contributed by atoms with Gasteiger partial charge in [0.15, 0.2) is 4.80 Å². The normalized spacial score (nSPS) is 12.1. The molecule has 4 rings (SSSR count). The van der Waals surface area contributed by atoms with Crippen LogP contribution >= 0.6 is 11.3 Å². The monoisotopic (exact) mass is 495 g/mol. The third-order valence-corrected chi connectivity index (χ3v) is 7.63. The van der Waals surface area contributed by atoms with Crippen molar-refractivity contribution < 1.29 is 17.9 Å². The third-order valence-electron chi connectivity index (χ3n) is 5.19. The first-order valence-electron chi connectivity index (χ1n) is 10.9. The van der Waals surface area contributed by atoms with Crippen molar-refractivity contribution in [3.8, 4) is 5.75 Å². The highest BCUT2D eigenvalue weighted by atomic mass is 32.2. The highest BCUT2D eigenvalue weighted by Gasteiger charge is 2.15. The van der Waals surface area contributed by atoms with E-state index in [2.05, 4.69) is 9.71 Å². The summed E-state index contributed by atoms with van der Waals surface area (Å²) in [6.07, 6.45) is 0. The minimum atomic E-state index is -3.71. The van der Waals surface area contributed by atoms with Gasteiger partial charge in [-0.05, 0) is 75.4 Å². The number of carbonyl (C=O) groups is 1. The number of hydrogen-bond donors (Lipinski definition) is 1. The van der Waals surface area contributed by atoms with Gasteiger partial charge in [-0.2, -0.15) is 4.99 Å². The number of hydrogen-bond acceptors (Lipinski definition) is 5. The number of carbonyl (C=O) groups excluding carboxylic acids is 1. The van der Waals surface area contributed by atoms with Crippen LogP contribution in [0.1, 0.15) is 29.8 Å². The number of fused-ring (bicyclic) bond motifs is 1. The van der Waals surface area contributed by atoms with Crippen molar-refractivity contribution in [2.75, 3.05) is 11.3 Å². The molecule has 0 radical (unpaired) electrons. The van der Waals surface area contributed by atoms with E-state index in [1.54, 1.807) is 48.5 Å². The number of nitrogens with zero attached hydrogens (tertiary/aromatic N) is 2. The van der Waals surface area contributed by atoms with Crippen LogP contribution in [-0.2, 0) is 16.6 Å². The SMILES string of the molecule is CCOc1ccc2c(c1)sc(=NC(=O)c1ccc(NS(=O)(=O)c3ccc(C)cc3)cc1)n2CC. The standard InChI is InChI=1S/C25H25N3O4S2/c1-4-28-22-15-12-20(32-5-2)16-23(22)33-25(28)26-24(29)18-8-10-19(11-9-18)27-34(30,31)21-13-6-17(3)7-14-21/h6-16,27H,4-5H2,1-3H3. The Bertz CT molecular complexity index is 1500. The van der Waals surface area contributed by atoms with Crippen LogP contribution in [0.15, 0.2) is 76.6 Å². The van der Waals surface area contributed by atoms with Crippen LogP contribution in [0.2, 0.25) is 0 Å². The lowest BCUT2D eigenvalue weighted by Crippen LogP contribution is -2.16. The molecule has 4 aromatic rings. The van der Waals surface area contributed by atoms with Crippen LogP contribution in [0.5, 0.6) is 5.75 Å². The van der Waals surface area contributed by atoms with Crippen molar-refractivity contribution in [3.63, 3.8) is 0 Å². The fourth-order valence-electron chi connectivity index (χ4n) is 3.46. The summed E-state index contributed by atoms with van der Waals surface area (Å²) in [5.41, 5.74) is 2.70.